The molecule has 4 rings (SSSR count). The number of alkyl halides is 4. The smallest absolute Gasteiger partial charge is 0.341 e. The third kappa shape index (κ3) is 6.59. The molecular weight excluding hydrogens is 492 g/mol. The SMILES string of the molecule is CN1CC[C@@H](NC2CCCc3c(CC(F)(F)F)c(C#CCNC(=O)c4ccc(=O)n(C)c4)nn32)[C@@H](F)C1. The molecule has 0 spiro atoms. The lowest BCUT2D eigenvalue weighted by molar-refractivity contribution is -0.127. The molecule has 2 aromatic heterocycles. The molecule has 0 aliphatic carbocycles. The first-order valence-electron chi connectivity index (χ1n) is 12.2. The van der Waals surface area contributed by atoms with E-state index in [1.807, 2.05) is 11.9 Å². The quantitative estimate of drug-likeness (QED) is 0.463. The van der Waals surface area contributed by atoms with Crippen molar-refractivity contribution < 1.29 is 22.4 Å². The minimum atomic E-state index is -4.45. The van der Waals surface area contributed by atoms with Crippen LogP contribution in [0.5, 0.6) is 0 Å². The molecule has 0 bridgehead atoms. The van der Waals surface area contributed by atoms with E-state index >= 15 is 0 Å². The second-order valence-electron chi connectivity index (χ2n) is 9.61. The van der Waals surface area contributed by atoms with Gasteiger partial charge in [-0.3, -0.25) is 19.6 Å². The van der Waals surface area contributed by atoms with Crippen LogP contribution in [0.25, 0.3) is 0 Å². The Morgan fingerprint density at radius 2 is 2.03 bits per heavy atom. The zero-order chi connectivity index (χ0) is 26.7. The molecule has 4 heterocycles. The average Bonchev–Trinajstić information content (AvgIpc) is 3.17. The van der Waals surface area contributed by atoms with Crippen molar-refractivity contribution in [3.05, 3.63) is 51.2 Å². The monoisotopic (exact) mass is 522 g/mol. The Balaban J connectivity index is 1.52. The fourth-order valence-corrected chi connectivity index (χ4v) is 4.83. The normalized spacial score (nSPS) is 22.2. The number of hydrogen-bond acceptors (Lipinski definition) is 5. The van der Waals surface area contributed by atoms with Gasteiger partial charge in [-0.1, -0.05) is 5.92 Å². The zero-order valence-electron chi connectivity index (χ0n) is 20.7. The van der Waals surface area contributed by atoms with Crippen molar-refractivity contribution in [2.24, 2.45) is 7.05 Å². The van der Waals surface area contributed by atoms with E-state index in [-0.39, 0.29) is 28.9 Å². The highest BCUT2D eigenvalue weighted by atomic mass is 19.4. The highest BCUT2D eigenvalue weighted by Gasteiger charge is 2.36. The van der Waals surface area contributed by atoms with Crippen LogP contribution in [0.1, 0.15) is 52.7 Å². The average molecular weight is 523 g/mol. The Kier molecular flexibility index (Phi) is 8.04. The number of pyridine rings is 1. The lowest BCUT2D eigenvalue weighted by Crippen LogP contribution is -2.51. The maximum Gasteiger partial charge on any atom is 0.393 e. The summed E-state index contributed by atoms with van der Waals surface area (Å²) in [6.07, 6.45) is -3.42. The number of hydrogen-bond donors (Lipinski definition) is 2. The van der Waals surface area contributed by atoms with Gasteiger partial charge in [0, 0.05) is 43.2 Å². The second-order valence-corrected chi connectivity index (χ2v) is 9.61. The van der Waals surface area contributed by atoms with Gasteiger partial charge in [-0.05, 0) is 51.3 Å². The molecule has 200 valence electrons. The summed E-state index contributed by atoms with van der Waals surface area (Å²) >= 11 is 0. The molecule has 0 radical (unpaired) electrons. The van der Waals surface area contributed by atoms with Crippen molar-refractivity contribution >= 4 is 5.91 Å². The van der Waals surface area contributed by atoms with Crippen LogP contribution in [0.15, 0.2) is 23.1 Å². The van der Waals surface area contributed by atoms with Gasteiger partial charge in [0.05, 0.1) is 18.5 Å². The van der Waals surface area contributed by atoms with Crippen molar-refractivity contribution in [2.45, 2.75) is 56.7 Å². The Morgan fingerprint density at radius 3 is 2.73 bits per heavy atom. The number of carbonyl (C=O) groups excluding carboxylic acids is 1. The number of nitrogens with zero attached hydrogens (tertiary/aromatic N) is 4. The van der Waals surface area contributed by atoms with Gasteiger partial charge in [0.15, 0.2) is 0 Å². The summed E-state index contributed by atoms with van der Waals surface area (Å²) in [6.45, 7) is 0.922. The lowest BCUT2D eigenvalue weighted by atomic mass is 9.99. The van der Waals surface area contributed by atoms with Crippen LogP contribution in [0.2, 0.25) is 0 Å². The predicted molar refractivity (Wildman–Crippen MR) is 129 cm³/mol. The number of aromatic nitrogens is 3. The molecule has 2 aliphatic rings. The third-order valence-corrected chi connectivity index (χ3v) is 6.73. The lowest BCUT2D eigenvalue weighted by Gasteiger charge is -2.36. The predicted octanol–water partition coefficient (Wildman–Crippen LogP) is 1.93. The second kappa shape index (κ2) is 11.1. The number of piperidine rings is 1. The van der Waals surface area contributed by atoms with Crippen LogP contribution in [0.4, 0.5) is 17.6 Å². The van der Waals surface area contributed by atoms with Gasteiger partial charge in [0.25, 0.3) is 5.91 Å². The highest BCUT2D eigenvalue weighted by Crippen LogP contribution is 2.32. The van der Waals surface area contributed by atoms with E-state index in [2.05, 4.69) is 27.6 Å². The van der Waals surface area contributed by atoms with Crippen LogP contribution in [-0.2, 0) is 19.9 Å². The molecule has 0 aromatic carbocycles. The Hall–Kier alpha value is -3.17. The van der Waals surface area contributed by atoms with E-state index < -0.39 is 36.9 Å². The molecule has 12 heteroatoms. The molecule has 2 aromatic rings. The van der Waals surface area contributed by atoms with Crippen LogP contribution in [0, 0.1) is 11.8 Å². The fourth-order valence-electron chi connectivity index (χ4n) is 4.83. The zero-order valence-corrected chi connectivity index (χ0v) is 20.7. The van der Waals surface area contributed by atoms with Gasteiger partial charge in [-0.15, -0.1) is 0 Å². The molecule has 1 unspecified atom stereocenters. The minimum Gasteiger partial charge on any atom is -0.341 e. The fraction of sp³-hybridized carbons (Fsp3) is 0.560. The number of carbonyl (C=O) groups is 1. The largest absolute Gasteiger partial charge is 0.393 e. The van der Waals surface area contributed by atoms with Crippen LogP contribution >= 0.6 is 0 Å². The standard InChI is InChI=1S/C25H30F4N6O2/c1-33-12-10-20(18(26)15-33)31-22-7-3-6-21-17(13-25(27,28)29)19(32-35(21)22)5-4-11-30-24(37)16-8-9-23(36)34(2)14-16/h8-9,14,18,20,22,31H,3,6-7,10-13,15H2,1-2H3,(H,30,37)/t18-,20+,22?/m0/s1. The van der Waals surface area contributed by atoms with E-state index in [4.69, 9.17) is 0 Å². The molecule has 0 saturated carbocycles. The van der Waals surface area contributed by atoms with Crippen molar-refractivity contribution in [1.29, 1.82) is 0 Å². The van der Waals surface area contributed by atoms with E-state index in [1.54, 1.807) is 4.68 Å². The first-order chi connectivity index (χ1) is 17.5. The van der Waals surface area contributed by atoms with Gasteiger partial charge < -0.3 is 14.8 Å². The third-order valence-electron chi connectivity index (χ3n) is 6.73. The van der Waals surface area contributed by atoms with Gasteiger partial charge in [-0.2, -0.15) is 18.3 Å². The summed E-state index contributed by atoms with van der Waals surface area (Å²) in [5.74, 6) is 4.93. The number of rotatable bonds is 5. The van der Waals surface area contributed by atoms with Crippen molar-refractivity contribution in [3.8, 4) is 11.8 Å². The number of amides is 1. The molecule has 1 saturated heterocycles. The van der Waals surface area contributed by atoms with Crippen molar-refractivity contribution in [1.82, 2.24) is 29.9 Å². The molecule has 2 N–H and O–H groups in total. The van der Waals surface area contributed by atoms with Gasteiger partial charge >= 0.3 is 6.18 Å². The van der Waals surface area contributed by atoms with Crippen LogP contribution < -0.4 is 16.2 Å². The Morgan fingerprint density at radius 1 is 1.24 bits per heavy atom. The van der Waals surface area contributed by atoms with Crippen LogP contribution in [-0.4, -0.2) is 70.2 Å². The number of likely N-dealkylation sites (tertiary alicyclic amines) is 1. The molecule has 37 heavy (non-hydrogen) atoms. The summed E-state index contributed by atoms with van der Waals surface area (Å²) < 4.78 is 57.7. The Bertz CT molecular complexity index is 1260. The molecule has 8 nitrogen and oxygen atoms in total. The number of nitrogens with one attached hydrogen (secondary N) is 2. The maximum atomic E-state index is 14.6. The van der Waals surface area contributed by atoms with E-state index in [0.29, 0.717) is 37.9 Å². The summed E-state index contributed by atoms with van der Waals surface area (Å²) in [5, 5.41) is 10.3. The highest BCUT2D eigenvalue weighted by molar-refractivity contribution is 5.93. The van der Waals surface area contributed by atoms with Crippen molar-refractivity contribution in [2.75, 3.05) is 26.7 Å². The Labute approximate surface area is 212 Å². The summed E-state index contributed by atoms with van der Waals surface area (Å²) in [7, 11) is 3.37. The topological polar surface area (TPSA) is 84.2 Å². The number of fused-ring (bicyclic) bond motifs is 1. The molecule has 1 amide bonds. The van der Waals surface area contributed by atoms with Crippen molar-refractivity contribution in [3.63, 3.8) is 0 Å². The molecule has 1 fully saturated rings. The minimum absolute atomic E-state index is 0.0116. The maximum absolute atomic E-state index is 14.6. The van der Waals surface area contributed by atoms with Crippen LogP contribution in [0.3, 0.4) is 0 Å². The molecular formula is C25H30F4N6O2. The summed E-state index contributed by atoms with van der Waals surface area (Å²) in [5.41, 5.74) is 0.493. The number of aryl methyl sites for hydroxylation is 1. The van der Waals surface area contributed by atoms with E-state index in [1.165, 1.54) is 29.9 Å². The van der Waals surface area contributed by atoms with Gasteiger partial charge in [0.2, 0.25) is 5.56 Å². The van der Waals surface area contributed by atoms with Gasteiger partial charge in [-0.25, -0.2) is 4.39 Å². The molecule has 3 atom stereocenters. The van der Waals surface area contributed by atoms with Gasteiger partial charge in [0.1, 0.15) is 18.0 Å². The molecule has 2 aliphatic heterocycles. The first kappa shape index (κ1) is 26.9. The van der Waals surface area contributed by atoms with E-state index in [0.717, 1.165) is 6.54 Å². The first-order valence-corrected chi connectivity index (χ1v) is 12.2. The number of halogens is 4. The summed E-state index contributed by atoms with van der Waals surface area (Å²) in [4.78, 5) is 25.7. The van der Waals surface area contributed by atoms with E-state index in [9.17, 15) is 27.2 Å². The summed E-state index contributed by atoms with van der Waals surface area (Å²) in [6, 6.07) is 2.25.